The Morgan fingerprint density at radius 3 is 2.25 bits per heavy atom. The van der Waals surface area contributed by atoms with Gasteiger partial charge >= 0.3 is 11.9 Å². The van der Waals surface area contributed by atoms with E-state index in [0.717, 1.165) is 0 Å². The van der Waals surface area contributed by atoms with E-state index in [2.05, 4.69) is 24.6 Å². The first-order chi connectivity index (χ1) is 3.83. The van der Waals surface area contributed by atoms with Gasteiger partial charge in [0.1, 0.15) is 0 Å². The number of carbonyl (C=O) groups is 1. The van der Waals surface area contributed by atoms with Gasteiger partial charge in [-0.25, -0.2) is 4.79 Å². The van der Waals surface area contributed by atoms with Gasteiger partial charge in [0.15, 0.2) is 0 Å². The maximum atomic E-state index is 10.2. The van der Waals surface area contributed by atoms with Crippen LogP contribution in [-0.2, 0) is 29.4 Å². The molecule has 0 saturated carbocycles. The van der Waals surface area contributed by atoms with E-state index in [9.17, 15) is 4.79 Å². The van der Waals surface area contributed by atoms with E-state index >= 15 is 0 Å². The van der Waals surface area contributed by atoms with Gasteiger partial charge in [-0.05, 0) is 5.04 Å². The Hall–Kier alpha value is -0.690. The van der Waals surface area contributed by atoms with Crippen molar-refractivity contribution in [2.75, 3.05) is 0 Å². The number of rotatable bonds is 0. The summed E-state index contributed by atoms with van der Waals surface area (Å²) >= 11 is 0. The molecule has 0 amide bonds. The van der Waals surface area contributed by atoms with E-state index in [1.807, 2.05) is 0 Å². The second kappa shape index (κ2) is 1.00. The Morgan fingerprint density at radius 1 is 1.25 bits per heavy atom. The summed E-state index contributed by atoms with van der Waals surface area (Å²) in [7, 11) is 0. The zero-order chi connectivity index (χ0) is 5.61. The molecule has 6 nitrogen and oxygen atoms in total. The quantitative estimate of drug-likeness (QED) is 0.302. The minimum Gasteiger partial charge on any atom is -0.259 e. The molecule has 0 N–H and O–H groups in total. The standard InChI is InChI=1S/C2O6/c3-1-2(5-6-2)7-8-4-1. The molecule has 0 atom stereocenters. The Morgan fingerprint density at radius 2 is 2.00 bits per heavy atom. The normalized spacial score (nSPS) is 30.8. The lowest BCUT2D eigenvalue weighted by Gasteiger charge is -1.76. The van der Waals surface area contributed by atoms with E-state index in [-0.39, 0.29) is 0 Å². The average molecular weight is 120 g/mol. The van der Waals surface area contributed by atoms with Crippen LogP contribution in [0.4, 0.5) is 0 Å². The minimum absolute atomic E-state index is 0.836. The molecule has 44 valence electrons. The predicted molar refractivity (Wildman–Crippen MR) is 13.2 cm³/mol. The summed E-state index contributed by atoms with van der Waals surface area (Å²) in [5.41, 5.74) is 0. The van der Waals surface area contributed by atoms with E-state index < -0.39 is 11.9 Å². The smallest absolute Gasteiger partial charge is 0.259 e. The van der Waals surface area contributed by atoms with Crippen LogP contribution in [0, 0.1) is 0 Å². The van der Waals surface area contributed by atoms with Crippen LogP contribution < -0.4 is 0 Å². The third kappa shape index (κ3) is 0.329. The molecule has 2 saturated heterocycles. The van der Waals surface area contributed by atoms with Crippen LogP contribution in [0.25, 0.3) is 0 Å². The number of hydrogen-bond acceptors (Lipinski definition) is 6. The van der Waals surface area contributed by atoms with Crippen molar-refractivity contribution >= 4 is 5.97 Å². The molecule has 0 bridgehead atoms. The second-order valence-electron chi connectivity index (χ2n) is 1.25. The van der Waals surface area contributed by atoms with Gasteiger partial charge in [0.05, 0.1) is 0 Å². The van der Waals surface area contributed by atoms with Crippen LogP contribution >= 0.6 is 0 Å². The van der Waals surface area contributed by atoms with Crippen molar-refractivity contribution in [1.82, 2.24) is 0 Å². The fraction of sp³-hybridized carbons (Fsp3) is 0.500. The van der Waals surface area contributed by atoms with Crippen molar-refractivity contribution in [1.29, 1.82) is 0 Å². The van der Waals surface area contributed by atoms with Gasteiger partial charge in [-0.1, -0.05) is 0 Å². The molecule has 2 aliphatic rings. The highest BCUT2D eigenvalue weighted by Gasteiger charge is 2.68. The molecule has 0 aromatic heterocycles. The molecule has 6 heteroatoms. The van der Waals surface area contributed by atoms with Crippen LogP contribution in [0.3, 0.4) is 0 Å². The summed E-state index contributed by atoms with van der Waals surface area (Å²) in [6, 6.07) is 0. The monoisotopic (exact) mass is 120 g/mol. The Kier molecular flexibility index (Phi) is 0.529. The maximum absolute atomic E-state index is 10.2. The van der Waals surface area contributed by atoms with Gasteiger partial charge in [0.25, 0.3) is 0 Å². The molecule has 0 aromatic carbocycles. The molecular weight excluding hydrogens is 120 g/mol. The third-order valence-electron chi connectivity index (χ3n) is 0.738. The Bertz CT molecular complexity index is 135. The highest BCUT2D eigenvalue weighted by Crippen LogP contribution is 2.36. The summed E-state index contributed by atoms with van der Waals surface area (Å²) < 4.78 is 0. The summed E-state index contributed by atoms with van der Waals surface area (Å²) in [5.74, 6) is -2.52. The van der Waals surface area contributed by atoms with Gasteiger partial charge in [-0.3, -0.25) is 4.89 Å². The summed E-state index contributed by atoms with van der Waals surface area (Å²) in [5, 5.41) is 3.73. The molecule has 2 aliphatic heterocycles. The second-order valence-corrected chi connectivity index (χ2v) is 1.25. The Labute approximate surface area is 42.6 Å². The highest BCUT2D eigenvalue weighted by molar-refractivity contribution is 5.77. The average Bonchev–Trinajstić information content (AvgIpc) is 2.39. The lowest BCUT2D eigenvalue weighted by Crippen LogP contribution is -2.18. The highest BCUT2D eigenvalue weighted by atomic mass is 17.6. The molecule has 2 fully saturated rings. The largest absolute Gasteiger partial charge is 0.472 e. The molecule has 0 unspecified atom stereocenters. The zero-order valence-electron chi connectivity index (χ0n) is 3.45. The topological polar surface area (TPSA) is 69.8 Å². The summed E-state index contributed by atoms with van der Waals surface area (Å²) in [6.07, 6.45) is 0. The van der Waals surface area contributed by atoms with Crippen LogP contribution in [0.1, 0.15) is 0 Å². The predicted octanol–water partition coefficient (Wildman–Crippen LogP) is -0.978. The maximum Gasteiger partial charge on any atom is 0.472 e. The van der Waals surface area contributed by atoms with Gasteiger partial charge in [-0.15, -0.1) is 14.7 Å². The van der Waals surface area contributed by atoms with E-state index in [4.69, 9.17) is 0 Å². The first-order valence-corrected chi connectivity index (χ1v) is 1.77. The van der Waals surface area contributed by atoms with Crippen molar-refractivity contribution in [3.8, 4) is 0 Å². The summed E-state index contributed by atoms with van der Waals surface area (Å²) in [4.78, 5) is 26.2. The molecule has 0 aromatic rings. The lowest BCUT2D eigenvalue weighted by atomic mass is 10.6. The molecule has 2 rings (SSSR count). The van der Waals surface area contributed by atoms with Gasteiger partial charge in [0.2, 0.25) is 0 Å². The molecule has 1 spiro atoms. The van der Waals surface area contributed by atoms with Crippen molar-refractivity contribution in [3.05, 3.63) is 0 Å². The summed E-state index contributed by atoms with van der Waals surface area (Å²) in [6.45, 7) is 0. The van der Waals surface area contributed by atoms with Gasteiger partial charge < -0.3 is 0 Å². The van der Waals surface area contributed by atoms with Crippen molar-refractivity contribution < 1.29 is 29.4 Å². The van der Waals surface area contributed by atoms with Crippen molar-refractivity contribution in [3.63, 3.8) is 0 Å². The third-order valence-corrected chi connectivity index (χ3v) is 0.738. The fourth-order valence-electron chi connectivity index (χ4n) is 0.311. The van der Waals surface area contributed by atoms with Crippen LogP contribution in [0.15, 0.2) is 0 Å². The SMILES string of the molecule is O=C1OOOC12OO2. The molecule has 0 radical (unpaired) electrons. The zero-order valence-corrected chi connectivity index (χ0v) is 3.45. The van der Waals surface area contributed by atoms with Crippen molar-refractivity contribution in [2.24, 2.45) is 0 Å². The molecule has 0 aliphatic carbocycles. The van der Waals surface area contributed by atoms with Crippen molar-refractivity contribution in [2.45, 2.75) is 5.97 Å². The number of hydrogen-bond donors (Lipinski definition) is 0. The van der Waals surface area contributed by atoms with Crippen LogP contribution in [-0.4, -0.2) is 11.9 Å². The fourth-order valence-corrected chi connectivity index (χ4v) is 0.311. The Balaban J connectivity index is 2.23. The van der Waals surface area contributed by atoms with E-state index in [1.54, 1.807) is 0 Å². The van der Waals surface area contributed by atoms with Gasteiger partial charge in [-0.2, -0.15) is 0 Å². The van der Waals surface area contributed by atoms with Crippen LogP contribution in [0.5, 0.6) is 0 Å². The first kappa shape index (κ1) is 4.21. The van der Waals surface area contributed by atoms with E-state index in [1.165, 1.54) is 0 Å². The molecule has 2 heterocycles. The van der Waals surface area contributed by atoms with Gasteiger partial charge in [0, 0.05) is 0 Å². The van der Waals surface area contributed by atoms with Crippen LogP contribution in [0.2, 0.25) is 0 Å². The number of carbonyl (C=O) groups excluding carboxylic acids is 1. The molecule has 8 heavy (non-hydrogen) atoms. The van der Waals surface area contributed by atoms with E-state index in [0.29, 0.717) is 0 Å². The molecular formula is C2O6. The lowest BCUT2D eigenvalue weighted by molar-refractivity contribution is -0.464. The first-order valence-electron chi connectivity index (χ1n) is 1.77. The minimum atomic E-state index is -1.68.